The maximum absolute atomic E-state index is 10.9. The highest BCUT2D eigenvalue weighted by molar-refractivity contribution is 5.76. The van der Waals surface area contributed by atoms with Gasteiger partial charge in [-0.3, -0.25) is 4.79 Å². The molecule has 1 rings (SSSR count). The SMILES string of the molecule is CNC(=O)COC1/C=C\CCCCC1. The molecule has 0 radical (unpaired) electrons. The van der Waals surface area contributed by atoms with Gasteiger partial charge in [-0.2, -0.15) is 0 Å². The minimum absolute atomic E-state index is 0.0551. The van der Waals surface area contributed by atoms with Crippen molar-refractivity contribution >= 4 is 5.91 Å². The van der Waals surface area contributed by atoms with Gasteiger partial charge in [0, 0.05) is 7.05 Å². The zero-order valence-electron chi connectivity index (χ0n) is 8.79. The van der Waals surface area contributed by atoms with Crippen LogP contribution >= 0.6 is 0 Å². The van der Waals surface area contributed by atoms with Crippen LogP contribution in [0.5, 0.6) is 0 Å². The second-order valence-electron chi connectivity index (χ2n) is 3.59. The van der Waals surface area contributed by atoms with E-state index in [9.17, 15) is 4.79 Å². The lowest BCUT2D eigenvalue weighted by molar-refractivity contribution is -0.126. The van der Waals surface area contributed by atoms with Gasteiger partial charge >= 0.3 is 0 Å². The summed E-state index contributed by atoms with van der Waals surface area (Å²) in [5.41, 5.74) is 0. The second kappa shape index (κ2) is 6.60. The Bertz CT molecular complexity index is 201. The maximum Gasteiger partial charge on any atom is 0.245 e. The van der Waals surface area contributed by atoms with Gasteiger partial charge in [0.25, 0.3) is 0 Å². The third kappa shape index (κ3) is 4.42. The lowest BCUT2D eigenvalue weighted by Crippen LogP contribution is -2.26. The summed E-state index contributed by atoms with van der Waals surface area (Å²) in [5, 5.41) is 2.54. The van der Waals surface area contributed by atoms with Crippen molar-refractivity contribution in [3.63, 3.8) is 0 Å². The van der Waals surface area contributed by atoms with Gasteiger partial charge in [0.05, 0.1) is 6.10 Å². The van der Waals surface area contributed by atoms with Crippen molar-refractivity contribution < 1.29 is 9.53 Å². The summed E-state index contributed by atoms with van der Waals surface area (Å²) in [4.78, 5) is 10.9. The molecule has 0 aromatic rings. The molecule has 1 atom stereocenters. The fraction of sp³-hybridized carbons (Fsp3) is 0.727. The van der Waals surface area contributed by atoms with Crippen LogP contribution in [0, 0.1) is 0 Å². The molecule has 0 bridgehead atoms. The number of amides is 1. The standard InChI is InChI=1S/C11H19NO2/c1-12-11(13)9-14-10-7-5-3-2-4-6-8-10/h5,7,10H,2-4,6,8-9H2,1H3,(H,12,13)/b7-5-. The highest BCUT2D eigenvalue weighted by atomic mass is 16.5. The Kier molecular flexibility index (Phi) is 5.30. The summed E-state index contributed by atoms with van der Waals surface area (Å²) in [5.74, 6) is -0.0551. The molecule has 3 heteroatoms. The van der Waals surface area contributed by atoms with Crippen LogP contribution in [0.25, 0.3) is 0 Å². The molecule has 1 aliphatic rings. The highest BCUT2D eigenvalue weighted by Gasteiger charge is 2.08. The van der Waals surface area contributed by atoms with E-state index in [1.165, 1.54) is 19.3 Å². The number of rotatable bonds is 3. The van der Waals surface area contributed by atoms with E-state index < -0.39 is 0 Å². The van der Waals surface area contributed by atoms with Crippen molar-refractivity contribution in [2.45, 2.75) is 38.2 Å². The summed E-state index contributed by atoms with van der Waals surface area (Å²) >= 11 is 0. The third-order valence-electron chi connectivity index (χ3n) is 2.42. The van der Waals surface area contributed by atoms with E-state index in [0.29, 0.717) is 0 Å². The van der Waals surface area contributed by atoms with Crippen molar-refractivity contribution in [2.75, 3.05) is 13.7 Å². The summed E-state index contributed by atoms with van der Waals surface area (Å²) in [6.45, 7) is 0.172. The lowest BCUT2D eigenvalue weighted by atomic mass is 10.0. The Morgan fingerprint density at radius 1 is 1.50 bits per heavy atom. The fourth-order valence-corrected chi connectivity index (χ4v) is 1.52. The number of nitrogens with one attached hydrogen (secondary N) is 1. The zero-order chi connectivity index (χ0) is 10.2. The molecule has 1 unspecified atom stereocenters. The monoisotopic (exact) mass is 197 g/mol. The average Bonchev–Trinajstić information content (AvgIpc) is 2.15. The molecule has 14 heavy (non-hydrogen) atoms. The van der Waals surface area contributed by atoms with Crippen molar-refractivity contribution in [3.05, 3.63) is 12.2 Å². The summed E-state index contributed by atoms with van der Waals surface area (Å²) in [6.07, 6.45) is 10.3. The van der Waals surface area contributed by atoms with Crippen LogP contribution in [0.15, 0.2) is 12.2 Å². The largest absolute Gasteiger partial charge is 0.364 e. The van der Waals surface area contributed by atoms with Crippen molar-refractivity contribution in [2.24, 2.45) is 0 Å². The number of allylic oxidation sites excluding steroid dienone is 1. The summed E-state index contributed by atoms with van der Waals surface area (Å²) in [7, 11) is 1.62. The second-order valence-corrected chi connectivity index (χ2v) is 3.59. The summed E-state index contributed by atoms with van der Waals surface area (Å²) in [6, 6.07) is 0. The molecule has 1 amide bonds. The number of hydrogen-bond donors (Lipinski definition) is 1. The van der Waals surface area contributed by atoms with Gasteiger partial charge in [-0.15, -0.1) is 0 Å². The van der Waals surface area contributed by atoms with Gasteiger partial charge < -0.3 is 10.1 Å². The maximum atomic E-state index is 10.9. The molecular formula is C11H19NO2. The van der Waals surface area contributed by atoms with E-state index in [2.05, 4.69) is 17.5 Å². The molecule has 3 nitrogen and oxygen atoms in total. The van der Waals surface area contributed by atoms with Crippen molar-refractivity contribution in [3.8, 4) is 0 Å². The van der Waals surface area contributed by atoms with E-state index in [1.807, 2.05) is 0 Å². The smallest absolute Gasteiger partial charge is 0.245 e. The van der Waals surface area contributed by atoms with Crippen LogP contribution < -0.4 is 5.32 Å². The first kappa shape index (κ1) is 11.2. The van der Waals surface area contributed by atoms with Crippen LogP contribution in [0.3, 0.4) is 0 Å². The number of hydrogen-bond acceptors (Lipinski definition) is 2. The molecule has 0 fully saturated rings. The number of ether oxygens (including phenoxy) is 1. The Hall–Kier alpha value is -0.830. The molecular weight excluding hydrogens is 178 g/mol. The van der Waals surface area contributed by atoms with Crippen LogP contribution in [-0.4, -0.2) is 25.7 Å². The Labute approximate surface area is 85.5 Å². The van der Waals surface area contributed by atoms with Gasteiger partial charge in [0.15, 0.2) is 0 Å². The normalized spacial score (nSPS) is 24.8. The van der Waals surface area contributed by atoms with Crippen LogP contribution in [0.4, 0.5) is 0 Å². The van der Waals surface area contributed by atoms with Crippen molar-refractivity contribution in [1.82, 2.24) is 5.32 Å². The minimum atomic E-state index is -0.0551. The molecule has 80 valence electrons. The first-order valence-electron chi connectivity index (χ1n) is 5.32. The average molecular weight is 197 g/mol. The van der Waals surface area contributed by atoms with E-state index in [1.54, 1.807) is 7.05 Å². The lowest BCUT2D eigenvalue weighted by Gasteiger charge is -2.15. The Morgan fingerprint density at radius 2 is 2.36 bits per heavy atom. The molecule has 0 aromatic heterocycles. The Morgan fingerprint density at radius 3 is 3.14 bits per heavy atom. The molecule has 0 heterocycles. The van der Waals surface area contributed by atoms with E-state index in [-0.39, 0.29) is 18.6 Å². The van der Waals surface area contributed by atoms with Gasteiger partial charge in [0.1, 0.15) is 6.61 Å². The minimum Gasteiger partial charge on any atom is -0.364 e. The number of carbonyl (C=O) groups is 1. The molecule has 1 N–H and O–H groups in total. The highest BCUT2D eigenvalue weighted by Crippen LogP contribution is 2.13. The first-order chi connectivity index (χ1) is 6.83. The van der Waals surface area contributed by atoms with Crippen LogP contribution in [0.2, 0.25) is 0 Å². The quantitative estimate of drug-likeness (QED) is 0.698. The van der Waals surface area contributed by atoms with Gasteiger partial charge in [-0.25, -0.2) is 0 Å². The van der Waals surface area contributed by atoms with Crippen molar-refractivity contribution in [1.29, 1.82) is 0 Å². The molecule has 0 aliphatic heterocycles. The van der Waals surface area contributed by atoms with E-state index in [0.717, 1.165) is 12.8 Å². The van der Waals surface area contributed by atoms with Gasteiger partial charge in [0.2, 0.25) is 5.91 Å². The topological polar surface area (TPSA) is 38.3 Å². The van der Waals surface area contributed by atoms with E-state index in [4.69, 9.17) is 4.74 Å². The molecule has 0 spiro atoms. The molecule has 0 aromatic carbocycles. The molecule has 1 aliphatic carbocycles. The number of carbonyl (C=O) groups excluding carboxylic acids is 1. The van der Waals surface area contributed by atoms with Crippen LogP contribution in [-0.2, 0) is 9.53 Å². The van der Waals surface area contributed by atoms with Gasteiger partial charge in [-0.05, 0) is 19.3 Å². The summed E-state index contributed by atoms with van der Waals surface area (Å²) < 4.78 is 5.47. The molecule has 0 saturated carbocycles. The third-order valence-corrected chi connectivity index (χ3v) is 2.42. The zero-order valence-corrected chi connectivity index (χ0v) is 8.79. The van der Waals surface area contributed by atoms with Gasteiger partial charge in [-0.1, -0.05) is 25.0 Å². The van der Waals surface area contributed by atoms with E-state index >= 15 is 0 Å². The first-order valence-corrected chi connectivity index (χ1v) is 5.32. The number of likely N-dealkylation sites (N-methyl/N-ethyl adjacent to an activating group) is 1. The fourth-order valence-electron chi connectivity index (χ4n) is 1.52. The predicted molar refractivity (Wildman–Crippen MR) is 56.0 cm³/mol. The predicted octanol–water partition coefficient (Wildman–Crippen LogP) is 1.64. The molecule has 0 saturated heterocycles. The Balaban J connectivity index is 2.26. The van der Waals surface area contributed by atoms with Crippen LogP contribution in [0.1, 0.15) is 32.1 Å².